The topological polar surface area (TPSA) is 99.2 Å². The lowest BCUT2D eigenvalue weighted by Gasteiger charge is -2.19. The van der Waals surface area contributed by atoms with E-state index in [-0.39, 0.29) is 11.8 Å². The molecule has 0 saturated heterocycles. The maximum absolute atomic E-state index is 12.5. The van der Waals surface area contributed by atoms with Crippen molar-refractivity contribution in [3.63, 3.8) is 0 Å². The molecule has 0 spiro atoms. The fraction of sp³-hybridized carbons (Fsp3) is 0.455. The Morgan fingerprint density at radius 1 is 1.20 bits per heavy atom. The van der Waals surface area contributed by atoms with Gasteiger partial charge in [-0.3, -0.25) is 14.5 Å². The predicted molar refractivity (Wildman–Crippen MR) is 123 cm³/mol. The lowest BCUT2D eigenvalue weighted by molar-refractivity contribution is -0.119. The molecule has 0 fully saturated rings. The average Bonchev–Trinajstić information content (AvgIpc) is 2.71. The minimum atomic E-state index is -0.128. The van der Waals surface area contributed by atoms with Crippen molar-refractivity contribution in [3.05, 3.63) is 42.8 Å². The zero-order valence-electron chi connectivity index (χ0n) is 18.5. The van der Waals surface area contributed by atoms with Crippen LogP contribution in [-0.2, 0) is 9.59 Å². The second-order valence-electron chi connectivity index (χ2n) is 6.64. The fourth-order valence-corrected chi connectivity index (χ4v) is 2.64. The highest BCUT2D eigenvalue weighted by molar-refractivity contribution is 5.92. The van der Waals surface area contributed by atoms with Crippen molar-refractivity contribution in [1.82, 2.24) is 20.2 Å². The lowest BCUT2D eigenvalue weighted by Crippen LogP contribution is -2.34. The number of carbonyl (C=O) groups excluding carboxylic acids is 2. The molecule has 1 heterocycles. The highest BCUT2D eigenvalue weighted by atomic mass is 16.2. The zero-order valence-corrected chi connectivity index (χ0v) is 18.5. The van der Waals surface area contributed by atoms with Crippen LogP contribution in [0.2, 0.25) is 0 Å². The number of anilines is 2. The molecule has 8 heteroatoms. The van der Waals surface area contributed by atoms with E-state index in [1.807, 2.05) is 32.1 Å². The Morgan fingerprint density at radius 2 is 1.93 bits per heavy atom. The molecule has 30 heavy (non-hydrogen) atoms. The lowest BCUT2D eigenvalue weighted by atomic mass is 10.2. The Morgan fingerprint density at radius 3 is 2.53 bits per heavy atom. The summed E-state index contributed by atoms with van der Waals surface area (Å²) in [6, 6.07) is 1.68. The number of allylic oxidation sites excluding steroid dienone is 5. The molecule has 1 rings (SSSR count). The van der Waals surface area contributed by atoms with Gasteiger partial charge >= 0.3 is 0 Å². The van der Waals surface area contributed by atoms with E-state index in [1.165, 1.54) is 6.92 Å². The van der Waals surface area contributed by atoms with Crippen molar-refractivity contribution in [3.8, 4) is 0 Å². The molecular formula is C22H34N6O2. The number of aromatic nitrogens is 2. The summed E-state index contributed by atoms with van der Waals surface area (Å²) in [6.07, 6.45) is 8.28. The molecule has 0 bridgehead atoms. The zero-order chi connectivity index (χ0) is 22.4. The number of nitrogens with one attached hydrogen (secondary N) is 3. The Kier molecular flexibility index (Phi) is 11.7. The van der Waals surface area contributed by atoms with Gasteiger partial charge in [0.15, 0.2) is 5.82 Å². The Bertz CT molecular complexity index is 773. The van der Waals surface area contributed by atoms with Crippen molar-refractivity contribution in [2.45, 2.75) is 34.1 Å². The molecule has 0 unspecified atom stereocenters. The molecule has 1 aromatic heterocycles. The molecule has 0 aromatic carbocycles. The molecule has 0 aliphatic heterocycles. The van der Waals surface area contributed by atoms with Crippen LogP contribution >= 0.6 is 0 Å². The molecule has 0 radical (unpaired) electrons. The third-order valence-corrected chi connectivity index (χ3v) is 4.10. The number of hydrogen-bond acceptors (Lipinski definition) is 6. The second-order valence-corrected chi connectivity index (χ2v) is 6.64. The van der Waals surface area contributed by atoms with Crippen LogP contribution in [0.4, 0.5) is 11.6 Å². The van der Waals surface area contributed by atoms with Crippen molar-refractivity contribution in [1.29, 1.82) is 0 Å². The van der Waals surface area contributed by atoms with Gasteiger partial charge in [-0.05, 0) is 26.4 Å². The van der Waals surface area contributed by atoms with Gasteiger partial charge in [0.2, 0.25) is 11.8 Å². The van der Waals surface area contributed by atoms with Crippen LogP contribution in [0.25, 0.3) is 5.57 Å². The van der Waals surface area contributed by atoms with Gasteiger partial charge in [0.05, 0.1) is 6.54 Å². The van der Waals surface area contributed by atoms with E-state index in [0.717, 1.165) is 25.1 Å². The molecular weight excluding hydrogens is 380 g/mol. The first kappa shape index (κ1) is 25.0. The van der Waals surface area contributed by atoms with Crippen LogP contribution in [0.15, 0.2) is 36.9 Å². The smallest absolute Gasteiger partial charge is 0.239 e. The monoisotopic (exact) mass is 414 g/mol. The highest BCUT2D eigenvalue weighted by Crippen LogP contribution is 2.18. The van der Waals surface area contributed by atoms with Crippen LogP contribution in [0.1, 0.15) is 39.9 Å². The molecule has 2 amide bonds. The summed E-state index contributed by atoms with van der Waals surface area (Å²) in [6.45, 7) is 14.3. The van der Waals surface area contributed by atoms with Gasteiger partial charge in [-0.2, -0.15) is 0 Å². The average molecular weight is 415 g/mol. The molecule has 164 valence electrons. The summed E-state index contributed by atoms with van der Waals surface area (Å²) < 4.78 is 0. The van der Waals surface area contributed by atoms with E-state index in [1.54, 1.807) is 12.1 Å². The van der Waals surface area contributed by atoms with E-state index in [2.05, 4.69) is 44.3 Å². The van der Waals surface area contributed by atoms with E-state index >= 15 is 0 Å². The number of amides is 2. The Hall–Kier alpha value is -3.00. The standard InChI is InChI=1S/C22H34N6O2/c1-6-10-11-18(8-3)22-26-19(24-13-12-23-17(5)29)15-20(27-22)25-21(30)16-28(9-4)14-7-2/h6,8,10-11,15H,3,7,9,12-14,16H2,1-2,4-5H3,(H,23,29)(H2,24,25,26,27,30)/b10-6-,18-11+. The third-order valence-electron chi connectivity index (χ3n) is 4.10. The predicted octanol–water partition coefficient (Wildman–Crippen LogP) is 2.84. The van der Waals surface area contributed by atoms with Gasteiger partial charge in [-0.25, -0.2) is 9.97 Å². The summed E-state index contributed by atoms with van der Waals surface area (Å²) in [5.74, 6) is 1.19. The normalized spacial score (nSPS) is 11.6. The molecule has 0 aliphatic rings. The third kappa shape index (κ3) is 9.47. The van der Waals surface area contributed by atoms with Gasteiger partial charge in [-0.1, -0.05) is 44.7 Å². The van der Waals surface area contributed by atoms with Crippen LogP contribution in [-0.4, -0.2) is 59.4 Å². The van der Waals surface area contributed by atoms with E-state index < -0.39 is 0 Å². The Balaban J connectivity index is 3.05. The van der Waals surface area contributed by atoms with Crippen molar-refractivity contribution in [2.24, 2.45) is 0 Å². The summed E-state index contributed by atoms with van der Waals surface area (Å²) in [5, 5.41) is 8.75. The largest absolute Gasteiger partial charge is 0.368 e. The summed E-state index contributed by atoms with van der Waals surface area (Å²) >= 11 is 0. The van der Waals surface area contributed by atoms with Crippen molar-refractivity contribution in [2.75, 3.05) is 43.4 Å². The number of hydrogen-bond donors (Lipinski definition) is 3. The molecule has 0 aliphatic carbocycles. The molecule has 0 atom stereocenters. The molecule has 0 saturated carbocycles. The van der Waals surface area contributed by atoms with Crippen molar-refractivity contribution < 1.29 is 9.59 Å². The van der Waals surface area contributed by atoms with Crippen LogP contribution in [0.3, 0.4) is 0 Å². The quantitative estimate of drug-likeness (QED) is 0.339. The van der Waals surface area contributed by atoms with E-state index in [9.17, 15) is 9.59 Å². The minimum Gasteiger partial charge on any atom is -0.368 e. The maximum Gasteiger partial charge on any atom is 0.239 e. The maximum atomic E-state index is 12.5. The minimum absolute atomic E-state index is 0.0936. The van der Waals surface area contributed by atoms with Gasteiger partial charge in [-0.15, -0.1) is 0 Å². The number of carbonyl (C=O) groups is 2. The summed E-state index contributed by atoms with van der Waals surface area (Å²) in [7, 11) is 0. The summed E-state index contributed by atoms with van der Waals surface area (Å²) in [4.78, 5) is 34.6. The van der Waals surface area contributed by atoms with Gasteiger partial charge in [0, 0.05) is 31.7 Å². The van der Waals surface area contributed by atoms with Gasteiger partial charge in [0.1, 0.15) is 11.6 Å². The molecule has 8 nitrogen and oxygen atoms in total. The van der Waals surface area contributed by atoms with Crippen molar-refractivity contribution >= 4 is 29.0 Å². The first-order valence-corrected chi connectivity index (χ1v) is 10.3. The van der Waals surface area contributed by atoms with Gasteiger partial charge < -0.3 is 16.0 Å². The second kappa shape index (κ2) is 14.1. The number of likely N-dealkylation sites (N-methyl/N-ethyl adjacent to an activating group) is 1. The van der Waals surface area contributed by atoms with Crippen LogP contribution in [0, 0.1) is 0 Å². The Labute approximate surface area is 179 Å². The van der Waals surface area contributed by atoms with Crippen LogP contribution < -0.4 is 16.0 Å². The number of rotatable bonds is 13. The number of nitrogens with zero attached hydrogens (tertiary/aromatic N) is 3. The van der Waals surface area contributed by atoms with E-state index in [0.29, 0.717) is 37.1 Å². The first-order chi connectivity index (χ1) is 14.4. The highest BCUT2D eigenvalue weighted by Gasteiger charge is 2.12. The summed E-state index contributed by atoms with van der Waals surface area (Å²) in [5.41, 5.74) is 0.732. The SMILES string of the molecule is C=C/C(=C\C=C/C)c1nc(NCCNC(C)=O)cc(NC(=O)CN(CC)CCC)n1. The van der Waals surface area contributed by atoms with E-state index in [4.69, 9.17) is 0 Å². The fourth-order valence-electron chi connectivity index (χ4n) is 2.64. The van der Waals surface area contributed by atoms with Crippen LogP contribution in [0.5, 0.6) is 0 Å². The molecule has 3 N–H and O–H groups in total. The first-order valence-electron chi connectivity index (χ1n) is 10.3. The van der Waals surface area contributed by atoms with Gasteiger partial charge in [0.25, 0.3) is 0 Å². The molecule has 1 aromatic rings.